The van der Waals surface area contributed by atoms with Crippen molar-refractivity contribution in [1.82, 2.24) is 15.0 Å². The number of rotatable bonds is 5. The average molecular weight is 341 g/mol. The molecule has 1 N–H and O–H groups in total. The zero-order chi connectivity index (χ0) is 13.7. The Kier molecular flexibility index (Phi) is 5.12. The van der Waals surface area contributed by atoms with Gasteiger partial charge in [0, 0.05) is 30.9 Å². The average Bonchev–Trinajstić information content (AvgIpc) is 2.41. The van der Waals surface area contributed by atoms with Crippen molar-refractivity contribution in [1.29, 1.82) is 0 Å². The van der Waals surface area contributed by atoms with Gasteiger partial charge in [-0.05, 0) is 39.8 Å². The molecular weight excluding hydrogens is 328 g/mol. The smallest absolute Gasteiger partial charge is 0.157 e. The first kappa shape index (κ1) is 14.2. The molecular formula is C12H13BrN4OS. The molecule has 5 nitrogen and oxygen atoms in total. The Morgan fingerprint density at radius 3 is 2.79 bits per heavy atom. The molecule has 2 heterocycles. The maximum atomic E-state index is 5.06. The van der Waals surface area contributed by atoms with Gasteiger partial charge in [-0.1, -0.05) is 0 Å². The van der Waals surface area contributed by atoms with E-state index in [1.165, 1.54) is 11.8 Å². The first-order valence-corrected chi connectivity index (χ1v) is 7.16. The van der Waals surface area contributed by atoms with Crippen LogP contribution in [0.1, 0.15) is 5.82 Å². The molecule has 0 aromatic carbocycles. The Balaban J connectivity index is 2.23. The zero-order valence-corrected chi connectivity index (χ0v) is 13.0. The van der Waals surface area contributed by atoms with Gasteiger partial charge in [-0.15, -0.1) is 0 Å². The van der Waals surface area contributed by atoms with Crippen LogP contribution < -0.4 is 5.32 Å². The van der Waals surface area contributed by atoms with Crippen molar-refractivity contribution < 1.29 is 4.74 Å². The first-order chi connectivity index (χ1) is 9.21. The summed E-state index contributed by atoms with van der Waals surface area (Å²) in [5, 5.41) is 4.73. The highest BCUT2D eigenvalue weighted by Gasteiger charge is 2.06. The van der Waals surface area contributed by atoms with Crippen LogP contribution in [0.5, 0.6) is 0 Å². The van der Waals surface area contributed by atoms with E-state index in [1.54, 1.807) is 13.3 Å². The SMILES string of the molecule is CNc1cc(Sc2ccc(Br)cn2)nc(COC)n1. The minimum atomic E-state index is 0.386. The summed E-state index contributed by atoms with van der Waals surface area (Å²) in [6.45, 7) is 0.386. The number of hydrogen-bond acceptors (Lipinski definition) is 6. The lowest BCUT2D eigenvalue weighted by Crippen LogP contribution is -2.02. The maximum absolute atomic E-state index is 5.06. The lowest BCUT2D eigenvalue weighted by molar-refractivity contribution is 0.177. The number of nitrogens with zero attached hydrogens (tertiary/aromatic N) is 3. The van der Waals surface area contributed by atoms with Gasteiger partial charge in [-0.2, -0.15) is 0 Å². The van der Waals surface area contributed by atoms with Gasteiger partial charge in [0.25, 0.3) is 0 Å². The predicted molar refractivity (Wildman–Crippen MR) is 78.4 cm³/mol. The third-order valence-corrected chi connectivity index (χ3v) is 3.53. The molecule has 0 spiro atoms. The highest BCUT2D eigenvalue weighted by atomic mass is 79.9. The molecule has 0 saturated heterocycles. The molecule has 0 aliphatic rings. The Morgan fingerprint density at radius 2 is 2.16 bits per heavy atom. The molecule has 0 amide bonds. The standard InChI is InChI=1S/C12H13BrN4OS/c1-14-9-5-12(17-10(16-9)7-18-2)19-11-4-3-8(13)6-15-11/h3-6H,7H2,1-2H3,(H,14,16,17). The van der Waals surface area contributed by atoms with Crippen LogP contribution in [0.3, 0.4) is 0 Å². The van der Waals surface area contributed by atoms with Crippen molar-refractivity contribution in [2.45, 2.75) is 16.7 Å². The number of anilines is 1. The van der Waals surface area contributed by atoms with E-state index in [2.05, 4.69) is 36.2 Å². The van der Waals surface area contributed by atoms with Crippen LogP contribution in [-0.4, -0.2) is 29.1 Å². The zero-order valence-electron chi connectivity index (χ0n) is 10.6. The van der Waals surface area contributed by atoms with Crippen LogP contribution >= 0.6 is 27.7 Å². The van der Waals surface area contributed by atoms with Gasteiger partial charge in [-0.25, -0.2) is 15.0 Å². The molecule has 0 saturated carbocycles. The summed E-state index contributed by atoms with van der Waals surface area (Å²) < 4.78 is 6.02. The van der Waals surface area contributed by atoms with Crippen molar-refractivity contribution in [3.05, 3.63) is 34.7 Å². The van der Waals surface area contributed by atoms with E-state index in [4.69, 9.17) is 4.74 Å². The minimum absolute atomic E-state index is 0.386. The molecule has 19 heavy (non-hydrogen) atoms. The lowest BCUT2D eigenvalue weighted by Gasteiger charge is -2.06. The second kappa shape index (κ2) is 6.83. The fraction of sp³-hybridized carbons (Fsp3) is 0.250. The molecule has 0 atom stereocenters. The van der Waals surface area contributed by atoms with Gasteiger partial charge in [0.2, 0.25) is 0 Å². The highest BCUT2D eigenvalue weighted by molar-refractivity contribution is 9.10. The third-order valence-electron chi connectivity index (χ3n) is 2.19. The summed E-state index contributed by atoms with van der Waals surface area (Å²) in [5.41, 5.74) is 0. The topological polar surface area (TPSA) is 59.9 Å². The van der Waals surface area contributed by atoms with Crippen LogP contribution in [0.25, 0.3) is 0 Å². The van der Waals surface area contributed by atoms with Gasteiger partial charge < -0.3 is 10.1 Å². The fourth-order valence-electron chi connectivity index (χ4n) is 1.38. The predicted octanol–water partition coefficient (Wildman–Crippen LogP) is 2.97. The summed E-state index contributed by atoms with van der Waals surface area (Å²) in [5.74, 6) is 1.41. The number of halogens is 1. The minimum Gasteiger partial charge on any atom is -0.377 e. The Labute approximate surface area is 124 Å². The quantitative estimate of drug-likeness (QED) is 0.844. The van der Waals surface area contributed by atoms with E-state index in [-0.39, 0.29) is 0 Å². The van der Waals surface area contributed by atoms with Gasteiger partial charge in [0.15, 0.2) is 5.82 Å². The van der Waals surface area contributed by atoms with E-state index in [1.807, 2.05) is 25.2 Å². The normalized spacial score (nSPS) is 10.5. The number of aromatic nitrogens is 3. The third kappa shape index (κ3) is 4.15. The molecule has 0 bridgehead atoms. The molecule has 7 heteroatoms. The van der Waals surface area contributed by atoms with Gasteiger partial charge in [-0.3, -0.25) is 0 Å². The molecule has 100 valence electrons. The van der Waals surface area contributed by atoms with Crippen molar-refractivity contribution in [3.8, 4) is 0 Å². The number of nitrogens with one attached hydrogen (secondary N) is 1. The van der Waals surface area contributed by atoms with Gasteiger partial charge >= 0.3 is 0 Å². The molecule has 2 aromatic heterocycles. The maximum Gasteiger partial charge on any atom is 0.157 e. The Morgan fingerprint density at radius 1 is 1.32 bits per heavy atom. The number of pyridine rings is 1. The Bertz CT molecular complexity index is 550. The number of hydrogen-bond donors (Lipinski definition) is 1. The molecule has 0 aliphatic heterocycles. The van der Waals surface area contributed by atoms with Crippen molar-refractivity contribution >= 4 is 33.5 Å². The van der Waals surface area contributed by atoms with E-state index in [0.717, 1.165) is 20.3 Å². The van der Waals surface area contributed by atoms with Crippen molar-refractivity contribution in [2.24, 2.45) is 0 Å². The second-order valence-electron chi connectivity index (χ2n) is 3.61. The monoisotopic (exact) mass is 340 g/mol. The largest absolute Gasteiger partial charge is 0.377 e. The van der Waals surface area contributed by atoms with E-state index in [0.29, 0.717) is 12.4 Å². The van der Waals surface area contributed by atoms with Gasteiger partial charge in [0.1, 0.15) is 22.5 Å². The summed E-state index contributed by atoms with van der Waals surface area (Å²) >= 11 is 4.85. The van der Waals surface area contributed by atoms with Crippen LogP contribution in [0.4, 0.5) is 5.82 Å². The summed E-state index contributed by atoms with van der Waals surface area (Å²) in [4.78, 5) is 13.0. The molecule has 0 unspecified atom stereocenters. The summed E-state index contributed by atoms with van der Waals surface area (Å²) in [7, 11) is 3.45. The van der Waals surface area contributed by atoms with Crippen molar-refractivity contribution in [3.63, 3.8) is 0 Å². The van der Waals surface area contributed by atoms with Crippen LogP contribution in [-0.2, 0) is 11.3 Å². The second-order valence-corrected chi connectivity index (χ2v) is 5.56. The van der Waals surface area contributed by atoms with Gasteiger partial charge in [0.05, 0.1) is 0 Å². The molecule has 0 radical (unpaired) electrons. The Hall–Kier alpha value is -1.18. The lowest BCUT2D eigenvalue weighted by atomic mass is 10.5. The van der Waals surface area contributed by atoms with Crippen LogP contribution in [0.2, 0.25) is 0 Å². The van der Waals surface area contributed by atoms with Crippen LogP contribution in [0.15, 0.2) is 38.9 Å². The number of ether oxygens (including phenoxy) is 1. The van der Waals surface area contributed by atoms with Crippen LogP contribution in [0, 0.1) is 0 Å². The molecule has 2 aromatic rings. The van der Waals surface area contributed by atoms with E-state index in [9.17, 15) is 0 Å². The summed E-state index contributed by atoms with van der Waals surface area (Å²) in [6, 6.07) is 5.77. The highest BCUT2D eigenvalue weighted by Crippen LogP contribution is 2.26. The fourth-order valence-corrected chi connectivity index (χ4v) is 2.39. The van der Waals surface area contributed by atoms with Crippen molar-refractivity contribution in [2.75, 3.05) is 19.5 Å². The van der Waals surface area contributed by atoms with E-state index >= 15 is 0 Å². The molecule has 0 aliphatic carbocycles. The molecule has 0 fully saturated rings. The van der Waals surface area contributed by atoms with E-state index < -0.39 is 0 Å². The number of methoxy groups -OCH3 is 1. The molecule has 2 rings (SSSR count). The first-order valence-electron chi connectivity index (χ1n) is 5.55. The summed E-state index contributed by atoms with van der Waals surface area (Å²) in [6.07, 6.45) is 1.76.